The molecule has 2 N–H and O–H groups in total. The topological polar surface area (TPSA) is 65.5 Å². The van der Waals surface area contributed by atoms with Crippen molar-refractivity contribution in [3.63, 3.8) is 0 Å². The van der Waals surface area contributed by atoms with Crippen LogP contribution in [-0.4, -0.2) is 34.2 Å². The van der Waals surface area contributed by atoms with Gasteiger partial charge in [0.2, 0.25) is 0 Å². The molecule has 0 radical (unpaired) electrons. The van der Waals surface area contributed by atoms with Gasteiger partial charge in [-0.2, -0.15) is 0 Å². The zero-order valence-electron chi connectivity index (χ0n) is 13.8. The summed E-state index contributed by atoms with van der Waals surface area (Å²) in [6.45, 7) is 2.58. The second-order valence-corrected chi connectivity index (χ2v) is 6.99. The van der Waals surface area contributed by atoms with Crippen molar-refractivity contribution < 1.29 is 9.90 Å². The molecule has 1 aromatic heterocycles. The van der Waals surface area contributed by atoms with E-state index in [1.165, 1.54) is 22.5 Å². The van der Waals surface area contributed by atoms with E-state index >= 15 is 0 Å². The van der Waals surface area contributed by atoms with Gasteiger partial charge in [-0.1, -0.05) is 24.3 Å². The number of nitrogens with zero attached hydrogens (tertiary/aromatic N) is 2. The van der Waals surface area contributed by atoms with Crippen molar-refractivity contribution in [3.05, 3.63) is 52.0 Å². The Labute approximate surface area is 146 Å². The van der Waals surface area contributed by atoms with E-state index in [9.17, 15) is 9.90 Å². The molecule has 128 valence electrons. The number of fused-ring (bicyclic) bond motifs is 1. The molecule has 3 rings (SSSR count). The minimum absolute atomic E-state index is 0.0799. The largest absolute Gasteiger partial charge is 0.396 e. The van der Waals surface area contributed by atoms with Crippen LogP contribution in [-0.2, 0) is 6.42 Å². The third-order valence-corrected chi connectivity index (χ3v) is 5.42. The fourth-order valence-electron chi connectivity index (χ4n) is 3.28. The van der Waals surface area contributed by atoms with Crippen molar-refractivity contribution in [1.82, 2.24) is 15.2 Å². The van der Waals surface area contributed by atoms with Crippen molar-refractivity contribution in [2.75, 3.05) is 13.2 Å². The van der Waals surface area contributed by atoms with E-state index in [1.807, 2.05) is 29.3 Å². The first kappa shape index (κ1) is 16.9. The van der Waals surface area contributed by atoms with Crippen LogP contribution < -0.4 is 5.32 Å². The highest BCUT2D eigenvalue weighted by Crippen LogP contribution is 2.35. The Balaban J connectivity index is 1.75. The standard InChI is InChI=1S/C18H23N3O2S/c1-13(17-19-9-12-24-17)20-18(23)21(10-4-11-22)16-8-7-14-5-2-3-6-15(14)16/h2-3,5-6,9,12-13,16,22H,4,7-8,10-11H2,1H3,(H,20,23)/t13-,16+/m1/s1. The zero-order valence-corrected chi connectivity index (χ0v) is 14.6. The molecule has 1 aliphatic carbocycles. The molecule has 1 aromatic carbocycles. The lowest BCUT2D eigenvalue weighted by atomic mass is 10.1. The number of aliphatic hydroxyl groups is 1. The number of rotatable bonds is 6. The van der Waals surface area contributed by atoms with Crippen LogP contribution in [0.5, 0.6) is 0 Å². The molecule has 1 aliphatic rings. The van der Waals surface area contributed by atoms with Crippen LogP contribution in [0, 0.1) is 0 Å². The molecule has 0 spiro atoms. The number of hydrogen-bond donors (Lipinski definition) is 2. The van der Waals surface area contributed by atoms with Gasteiger partial charge in [0, 0.05) is 24.7 Å². The van der Waals surface area contributed by atoms with Crippen molar-refractivity contribution >= 4 is 17.4 Å². The molecular weight excluding hydrogens is 322 g/mol. The van der Waals surface area contributed by atoms with Crippen LogP contribution >= 0.6 is 11.3 Å². The Morgan fingerprint density at radius 3 is 3.08 bits per heavy atom. The number of aliphatic hydroxyl groups excluding tert-OH is 1. The second kappa shape index (κ2) is 7.77. The zero-order chi connectivity index (χ0) is 16.9. The average molecular weight is 345 g/mol. The molecule has 1 heterocycles. The highest BCUT2D eigenvalue weighted by molar-refractivity contribution is 7.09. The fourth-order valence-corrected chi connectivity index (χ4v) is 3.92. The number of aromatic nitrogens is 1. The van der Waals surface area contributed by atoms with E-state index in [0.717, 1.165) is 17.8 Å². The van der Waals surface area contributed by atoms with Gasteiger partial charge in [0.05, 0.1) is 12.1 Å². The summed E-state index contributed by atoms with van der Waals surface area (Å²) < 4.78 is 0. The van der Waals surface area contributed by atoms with E-state index in [4.69, 9.17) is 0 Å². The number of carbonyl (C=O) groups excluding carboxylic acids is 1. The third-order valence-electron chi connectivity index (χ3n) is 4.46. The number of aryl methyl sites for hydroxylation is 1. The Morgan fingerprint density at radius 1 is 1.50 bits per heavy atom. The predicted molar refractivity (Wildman–Crippen MR) is 95.0 cm³/mol. The van der Waals surface area contributed by atoms with Crippen molar-refractivity contribution in [2.45, 2.75) is 38.3 Å². The average Bonchev–Trinajstić information content (AvgIpc) is 3.25. The molecule has 6 heteroatoms. The SMILES string of the molecule is C[C@@H](NC(=O)N(CCCO)[C@H]1CCc2ccccc21)c1nccs1. The lowest BCUT2D eigenvalue weighted by Gasteiger charge is -2.31. The second-order valence-electron chi connectivity index (χ2n) is 6.07. The third kappa shape index (κ3) is 3.60. The smallest absolute Gasteiger partial charge is 0.318 e. The Kier molecular flexibility index (Phi) is 5.48. The Hall–Kier alpha value is -1.92. The van der Waals surface area contributed by atoms with Gasteiger partial charge in [0.15, 0.2) is 0 Å². The van der Waals surface area contributed by atoms with E-state index in [2.05, 4.69) is 22.4 Å². The molecule has 0 unspecified atom stereocenters. The van der Waals surface area contributed by atoms with Crippen LogP contribution in [0.15, 0.2) is 35.8 Å². The van der Waals surface area contributed by atoms with Crippen LogP contribution in [0.3, 0.4) is 0 Å². The molecule has 0 saturated heterocycles. The Morgan fingerprint density at radius 2 is 2.33 bits per heavy atom. The summed E-state index contributed by atoms with van der Waals surface area (Å²) in [5.41, 5.74) is 2.55. The van der Waals surface area contributed by atoms with Gasteiger partial charge in [0.1, 0.15) is 5.01 Å². The first-order chi connectivity index (χ1) is 11.7. The lowest BCUT2D eigenvalue weighted by molar-refractivity contribution is 0.162. The van der Waals surface area contributed by atoms with E-state index in [0.29, 0.717) is 13.0 Å². The van der Waals surface area contributed by atoms with E-state index in [1.54, 1.807) is 6.20 Å². The van der Waals surface area contributed by atoms with Gasteiger partial charge in [-0.3, -0.25) is 0 Å². The lowest BCUT2D eigenvalue weighted by Crippen LogP contribution is -2.43. The van der Waals surface area contributed by atoms with Gasteiger partial charge in [-0.15, -0.1) is 11.3 Å². The summed E-state index contributed by atoms with van der Waals surface area (Å²) in [7, 11) is 0. The minimum Gasteiger partial charge on any atom is -0.396 e. The van der Waals surface area contributed by atoms with Crippen molar-refractivity contribution in [1.29, 1.82) is 0 Å². The van der Waals surface area contributed by atoms with Crippen LogP contribution in [0.25, 0.3) is 0 Å². The molecular formula is C18H23N3O2S. The number of amides is 2. The predicted octanol–water partition coefficient (Wildman–Crippen LogP) is 3.29. The summed E-state index contributed by atoms with van der Waals surface area (Å²) >= 11 is 1.54. The molecule has 2 amide bonds. The highest BCUT2D eigenvalue weighted by atomic mass is 32.1. The number of urea groups is 1. The molecule has 0 bridgehead atoms. The summed E-state index contributed by atoms with van der Waals surface area (Å²) in [6.07, 6.45) is 4.26. The molecule has 0 saturated carbocycles. The number of thiazole rings is 1. The van der Waals surface area contributed by atoms with Crippen LogP contribution in [0.2, 0.25) is 0 Å². The van der Waals surface area contributed by atoms with E-state index < -0.39 is 0 Å². The summed E-state index contributed by atoms with van der Waals surface area (Å²) in [5.74, 6) is 0. The maximum atomic E-state index is 12.9. The molecule has 2 aromatic rings. The normalized spacial score (nSPS) is 17.3. The summed E-state index contributed by atoms with van der Waals surface area (Å²) in [5, 5.41) is 15.1. The van der Waals surface area contributed by atoms with Crippen molar-refractivity contribution in [3.8, 4) is 0 Å². The maximum absolute atomic E-state index is 12.9. The van der Waals surface area contributed by atoms with Crippen LogP contribution in [0.4, 0.5) is 4.79 Å². The highest BCUT2D eigenvalue weighted by Gasteiger charge is 2.31. The molecule has 5 nitrogen and oxygen atoms in total. The number of benzene rings is 1. The Bertz CT molecular complexity index is 675. The van der Waals surface area contributed by atoms with Gasteiger partial charge < -0.3 is 15.3 Å². The summed E-state index contributed by atoms with van der Waals surface area (Å²) in [6, 6.07) is 8.18. The fraction of sp³-hybridized carbons (Fsp3) is 0.444. The minimum atomic E-state index is -0.120. The van der Waals surface area contributed by atoms with Crippen molar-refractivity contribution in [2.24, 2.45) is 0 Å². The van der Waals surface area contributed by atoms with E-state index in [-0.39, 0.29) is 24.7 Å². The van der Waals surface area contributed by atoms with Gasteiger partial charge in [-0.05, 0) is 37.3 Å². The number of nitrogens with one attached hydrogen (secondary N) is 1. The first-order valence-corrected chi connectivity index (χ1v) is 9.24. The quantitative estimate of drug-likeness (QED) is 0.844. The van der Waals surface area contributed by atoms with Crippen LogP contribution in [0.1, 0.15) is 48.0 Å². The maximum Gasteiger partial charge on any atom is 0.318 e. The number of carbonyl (C=O) groups is 1. The molecule has 24 heavy (non-hydrogen) atoms. The first-order valence-electron chi connectivity index (χ1n) is 8.36. The van der Waals surface area contributed by atoms with Gasteiger partial charge in [-0.25, -0.2) is 9.78 Å². The van der Waals surface area contributed by atoms with Gasteiger partial charge >= 0.3 is 6.03 Å². The number of hydrogen-bond acceptors (Lipinski definition) is 4. The van der Waals surface area contributed by atoms with Gasteiger partial charge in [0.25, 0.3) is 0 Å². The monoisotopic (exact) mass is 345 g/mol. The molecule has 0 fully saturated rings. The molecule has 2 atom stereocenters. The molecule has 0 aliphatic heterocycles. The summed E-state index contributed by atoms with van der Waals surface area (Å²) in [4.78, 5) is 19.0.